The van der Waals surface area contributed by atoms with Crippen LogP contribution in [-0.4, -0.2) is 23.4 Å². The lowest BCUT2D eigenvalue weighted by Gasteiger charge is -2.35. The molecule has 1 aliphatic heterocycles. The van der Waals surface area contributed by atoms with E-state index in [-0.39, 0.29) is 0 Å². The highest BCUT2D eigenvalue weighted by molar-refractivity contribution is 5.77. The summed E-state index contributed by atoms with van der Waals surface area (Å²) in [7, 11) is 0. The predicted molar refractivity (Wildman–Crippen MR) is 54.6 cm³/mol. The molecule has 0 spiro atoms. The molecule has 0 N–H and O–H groups in total. The van der Waals surface area contributed by atoms with Gasteiger partial charge in [-0.2, -0.15) is 0 Å². The molecule has 0 radical (unpaired) electrons. The van der Waals surface area contributed by atoms with E-state index >= 15 is 0 Å². The van der Waals surface area contributed by atoms with Gasteiger partial charge in [-0.1, -0.05) is 20.3 Å². The van der Waals surface area contributed by atoms with Crippen LogP contribution in [0.15, 0.2) is 0 Å². The van der Waals surface area contributed by atoms with Gasteiger partial charge in [-0.15, -0.1) is 0 Å². The summed E-state index contributed by atoms with van der Waals surface area (Å²) in [5.74, 6) is 0.381. The number of carbonyl (C=O) groups excluding carboxylic acids is 1. The van der Waals surface area contributed by atoms with Gasteiger partial charge >= 0.3 is 0 Å². The number of carbonyl (C=O) groups is 1. The summed E-state index contributed by atoms with van der Waals surface area (Å²) >= 11 is 0. The highest BCUT2D eigenvalue weighted by Gasteiger charge is 2.25. The Balaban J connectivity index is 2.46. The van der Waals surface area contributed by atoms with Crippen LogP contribution in [0, 0.1) is 0 Å². The average Bonchev–Trinajstić information content (AvgIpc) is 2.15. The molecule has 0 aliphatic carbocycles. The number of piperidine rings is 1. The molecule has 1 saturated heterocycles. The van der Waals surface area contributed by atoms with E-state index in [0.29, 0.717) is 11.9 Å². The van der Waals surface area contributed by atoms with E-state index in [2.05, 4.69) is 18.7 Å². The lowest BCUT2D eigenvalue weighted by Crippen LogP contribution is -2.43. The van der Waals surface area contributed by atoms with E-state index in [1.165, 1.54) is 12.8 Å². The Morgan fingerprint density at radius 3 is 2.85 bits per heavy atom. The number of amides is 1. The summed E-state index contributed by atoms with van der Waals surface area (Å²) in [4.78, 5) is 13.7. The number of nitrogens with zero attached hydrogens (tertiary/aromatic N) is 1. The number of likely N-dealkylation sites (tertiary alicyclic amines) is 1. The minimum atomic E-state index is 0.381. The van der Waals surface area contributed by atoms with Crippen molar-refractivity contribution in [2.45, 2.75) is 58.4 Å². The normalized spacial score (nSPS) is 23.7. The molecule has 76 valence electrons. The van der Waals surface area contributed by atoms with Gasteiger partial charge in [-0.3, -0.25) is 4.79 Å². The second-order valence-electron chi connectivity index (χ2n) is 3.89. The molecule has 1 atom stereocenters. The SMILES string of the molecule is CCCCN1C(=O)CCCC1CC. The van der Waals surface area contributed by atoms with Gasteiger partial charge in [0.15, 0.2) is 0 Å². The first kappa shape index (κ1) is 10.6. The topological polar surface area (TPSA) is 20.3 Å². The third-order valence-electron chi connectivity index (χ3n) is 2.91. The molecule has 1 fully saturated rings. The van der Waals surface area contributed by atoms with Crippen molar-refractivity contribution in [1.82, 2.24) is 4.90 Å². The Hall–Kier alpha value is -0.530. The highest BCUT2D eigenvalue weighted by Crippen LogP contribution is 2.20. The molecule has 0 aromatic rings. The standard InChI is InChI=1S/C11H21NO/c1-3-5-9-12-10(4-2)7-6-8-11(12)13/h10H,3-9H2,1-2H3. The molecule has 0 aromatic heterocycles. The van der Waals surface area contributed by atoms with E-state index < -0.39 is 0 Å². The fraction of sp³-hybridized carbons (Fsp3) is 0.909. The Morgan fingerprint density at radius 2 is 2.23 bits per heavy atom. The molecule has 2 heteroatoms. The van der Waals surface area contributed by atoms with Crippen LogP contribution in [0.1, 0.15) is 52.4 Å². The average molecular weight is 183 g/mol. The first-order valence-corrected chi connectivity index (χ1v) is 5.59. The van der Waals surface area contributed by atoms with Crippen LogP contribution in [0.2, 0.25) is 0 Å². The zero-order chi connectivity index (χ0) is 9.68. The van der Waals surface area contributed by atoms with Gasteiger partial charge in [0, 0.05) is 19.0 Å². The Kier molecular flexibility index (Phi) is 4.26. The van der Waals surface area contributed by atoms with E-state index in [4.69, 9.17) is 0 Å². The minimum Gasteiger partial charge on any atom is -0.340 e. The molecule has 1 rings (SSSR count). The molecule has 0 aromatic carbocycles. The molecule has 1 unspecified atom stereocenters. The molecule has 1 amide bonds. The fourth-order valence-electron chi connectivity index (χ4n) is 2.05. The molecule has 13 heavy (non-hydrogen) atoms. The molecule has 2 nitrogen and oxygen atoms in total. The molecule has 1 heterocycles. The molecule has 0 bridgehead atoms. The van der Waals surface area contributed by atoms with Crippen LogP contribution in [0.5, 0.6) is 0 Å². The second kappa shape index (κ2) is 5.25. The largest absolute Gasteiger partial charge is 0.340 e. The Bertz CT molecular complexity index is 167. The minimum absolute atomic E-state index is 0.381. The first-order valence-electron chi connectivity index (χ1n) is 5.59. The molecule has 1 aliphatic rings. The number of unbranched alkanes of at least 4 members (excludes halogenated alkanes) is 1. The highest BCUT2D eigenvalue weighted by atomic mass is 16.2. The summed E-state index contributed by atoms with van der Waals surface area (Å²) < 4.78 is 0. The monoisotopic (exact) mass is 183 g/mol. The van der Waals surface area contributed by atoms with Crippen molar-refractivity contribution >= 4 is 5.91 Å². The maximum absolute atomic E-state index is 11.6. The van der Waals surface area contributed by atoms with Gasteiger partial charge in [0.1, 0.15) is 0 Å². The van der Waals surface area contributed by atoms with Crippen LogP contribution < -0.4 is 0 Å². The molecular formula is C11H21NO. The summed E-state index contributed by atoms with van der Waals surface area (Å²) in [6, 6.07) is 0.535. The summed E-state index contributed by atoms with van der Waals surface area (Å²) in [6.07, 6.45) is 6.55. The van der Waals surface area contributed by atoms with Crippen LogP contribution in [0.25, 0.3) is 0 Å². The van der Waals surface area contributed by atoms with Crippen LogP contribution in [0.4, 0.5) is 0 Å². The van der Waals surface area contributed by atoms with Crippen molar-refractivity contribution in [1.29, 1.82) is 0 Å². The third kappa shape index (κ3) is 2.71. The van der Waals surface area contributed by atoms with Gasteiger partial charge in [0.2, 0.25) is 5.91 Å². The van der Waals surface area contributed by atoms with E-state index in [1.54, 1.807) is 0 Å². The van der Waals surface area contributed by atoms with Gasteiger partial charge in [0.05, 0.1) is 0 Å². The van der Waals surface area contributed by atoms with Crippen LogP contribution in [-0.2, 0) is 4.79 Å². The van der Waals surface area contributed by atoms with Gasteiger partial charge in [-0.25, -0.2) is 0 Å². The van der Waals surface area contributed by atoms with Crippen LogP contribution in [0.3, 0.4) is 0 Å². The zero-order valence-electron chi connectivity index (χ0n) is 8.88. The van der Waals surface area contributed by atoms with Crippen molar-refractivity contribution < 1.29 is 4.79 Å². The van der Waals surface area contributed by atoms with Crippen molar-refractivity contribution in [2.75, 3.05) is 6.54 Å². The number of hydrogen-bond acceptors (Lipinski definition) is 1. The van der Waals surface area contributed by atoms with Crippen molar-refractivity contribution in [2.24, 2.45) is 0 Å². The zero-order valence-corrected chi connectivity index (χ0v) is 8.88. The smallest absolute Gasteiger partial charge is 0.222 e. The van der Waals surface area contributed by atoms with E-state index in [0.717, 1.165) is 32.2 Å². The van der Waals surface area contributed by atoms with Crippen LogP contribution >= 0.6 is 0 Å². The lowest BCUT2D eigenvalue weighted by atomic mass is 9.99. The van der Waals surface area contributed by atoms with Gasteiger partial charge < -0.3 is 4.90 Å². The van der Waals surface area contributed by atoms with E-state index in [1.807, 2.05) is 0 Å². The van der Waals surface area contributed by atoms with Gasteiger partial charge in [0.25, 0.3) is 0 Å². The second-order valence-corrected chi connectivity index (χ2v) is 3.89. The number of hydrogen-bond donors (Lipinski definition) is 0. The molecular weight excluding hydrogens is 162 g/mol. The Morgan fingerprint density at radius 1 is 1.46 bits per heavy atom. The summed E-state index contributed by atoms with van der Waals surface area (Å²) in [5, 5.41) is 0. The van der Waals surface area contributed by atoms with E-state index in [9.17, 15) is 4.79 Å². The van der Waals surface area contributed by atoms with Crippen molar-refractivity contribution in [3.8, 4) is 0 Å². The van der Waals surface area contributed by atoms with Crippen molar-refractivity contribution in [3.63, 3.8) is 0 Å². The predicted octanol–water partition coefficient (Wildman–Crippen LogP) is 2.58. The fourth-order valence-corrected chi connectivity index (χ4v) is 2.05. The maximum atomic E-state index is 11.6. The Labute approximate surface area is 81.3 Å². The number of rotatable bonds is 4. The van der Waals surface area contributed by atoms with Crippen molar-refractivity contribution in [3.05, 3.63) is 0 Å². The third-order valence-corrected chi connectivity index (χ3v) is 2.91. The first-order chi connectivity index (χ1) is 6.29. The quantitative estimate of drug-likeness (QED) is 0.656. The molecule has 0 saturated carbocycles. The summed E-state index contributed by atoms with van der Waals surface area (Å²) in [6.45, 7) is 5.34. The maximum Gasteiger partial charge on any atom is 0.222 e. The van der Waals surface area contributed by atoms with Gasteiger partial charge in [-0.05, 0) is 25.7 Å². The lowest BCUT2D eigenvalue weighted by molar-refractivity contribution is -0.136. The summed E-state index contributed by atoms with van der Waals surface area (Å²) in [5.41, 5.74) is 0.